The lowest BCUT2D eigenvalue weighted by atomic mass is 10.1. The molecule has 0 aliphatic heterocycles. The quantitative estimate of drug-likeness (QED) is 0.608. The Morgan fingerprint density at radius 2 is 2.11 bits per heavy atom. The molecule has 0 amide bonds. The smallest absolute Gasteiger partial charge is 0.341 e. The van der Waals surface area contributed by atoms with E-state index >= 15 is 0 Å². The zero-order chi connectivity index (χ0) is 14.5. The molecule has 0 fully saturated rings. The van der Waals surface area contributed by atoms with Gasteiger partial charge in [0.05, 0.1) is 18.8 Å². The minimum atomic E-state index is -0.815. The Hall–Kier alpha value is -1.75. The van der Waals surface area contributed by atoms with Gasteiger partial charge in [-0.1, -0.05) is 0 Å². The fraction of sp³-hybridized carbons (Fsp3) is 0.500. The zero-order valence-electron chi connectivity index (χ0n) is 11.6. The molecule has 0 unspecified atom stereocenters. The Labute approximate surface area is 113 Å². The van der Waals surface area contributed by atoms with E-state index in [-0.39, 0.29) is 0 Å². The summed E-state index contributed by atoms with van der Waals surface area (Å²) >= 11 is 0. The first-order valence-corrected chi connectivity index (χ1v) is 6.25. The minimum Gasteiger partial charge on any atom is -0.492 e. The maximum absolute atomic E-state index is 11.7. The summed E-state index contributed by atoms with van der Waals surface area (Å²) in [5, 5.41) is 9.62. The largest absolute Gasteiger partial charge is 0.492 e. The van der Waals surface area contributed by atoms with Crippen LogP contribution in [0.3, 0.4) is 0 Å². The highest BCUT2D eigenvalue weighted by atomic mass is 16.5. The third-order valence-electron chi connectivity index (χ3n) is 2.47. The van der Waals surface area contributed by atoms with Gasteiger partial charge in [-0.05, 0) is 32.9 Å². The Balaban J connectivity index is 2.80. The van der Waals surface area contributed by atoms with Gasteiger partial charge in [0, 0.05) is 18.2 Å². The topological polar surface area (TPSA) is 81.8 Å². The number of aliphatic hydroxyl groups is 1. The third kappa shape index (κ3) is 5.18. The number of esters is 1. The lowest BCUT2D eigenvalue weighted by Crippen LogP contribution is -2.22. The molecule has 0 radical (unpaired) electrons. The molecular weight excluding hydrogens is 246 g/mol. The molecule has 0 atom stereocenters. The number of nitrogens with two attached hydrogens (primary N) is 1. The molecule has 1 aromatic carbocycles. The van der Waals surface area contributed by atoms with Crippen LogP contribution in [0.4, 0.5) is 5.69 Å². The van der Waals surface area contributed by atoms with Gasteiger partial charge < -0.3 is 20.3 Å². The molecule has 5 heteroatoms. The standard InChI is InChI=1S/C14H21NO4/c1-4-18-13(16)11-6-5-10(15)9-12(11)19-8-7-14(2,3)17/h5-6,9,17H,4,7-8,15H2,1-3H3. The monoisotopic (exact) mass is 267 g/mol. The zero-order valence-corrected chi connectivity index (χ0v) is 11.6. The maximum atomic E-state index is 11.7. The van der Waals surface area contributed by atoms with Gasteiger partial charge in [0.2, 0.25) is 0 Å². The van der Waals surface area contributed by atoms with Crippen LogP contribution in [0.15, 0.2) is 18.2 Å². The van der Waals surface area contributed by atoms with Crippen LogP contribution in [0.5, 0.6) is 5.75 Å². The predicted octanol–water partition coefficient (Wildman–Crippen LogP) is 1.99. The van der Waals surface area contributed by atoms with Crippen LogP contribution in [-0.4, -0.2) is 29.9 Å². The summed E-state index contributed by atoms with van der Waals surface area (Å²) < 4.78 is 10.5. The van der Waals surface area contributed by atoms with Crippen molar-refractivity contribution >= 4 is 11.7 Å². The molecule has 1 aromatic rings. The van der Waals surface area contributed by atoms with Crippen molar-refractivity contribution in [3.05, 3.63) is 23.8 Å². The van der Waals surface area contributed by atoms with E-state index in [1.165, 1.54) is 0 Å². The van der Waals surface area contributed by atoms with Gasteiger partial charge in [0.1, 0.15) is 11.3 Å². The van der Waals surface area contributed by atoms with Crippen LogP contribution < -0.4 is 10.5 Å². The van der Waals surface area contributed by atoms with Crippen LogP contribution in [0.25, 0.3) is 0 Å². The first-order valence-electron chi connectivity index (χ1n) is 6.25. The minimum absolute atomic E-state index is 0.291. The van der Waals surface area contributed by atoms with Crippen molar-refractivity contribution in [3.8, 4) is 5.75 Å². The van der Waals surface area contributed by atoms with Gasteiger partial charge in [-0.25, -0.2) is 4.79 Å². The van der Waals surface area contributed by atoms with Gasteiger partial charge in [0.15, 0.2) is 0 Å². The summed E-state index contributed by atoms with van der Waals surface area (Å²) in [4.78, 5) is 11.7. The van der Waals surface area contributed by atoms with Crippen molar-refractivity contribution in [3.63, 3.8) is 0 Å². The molecule has 0 saturated heterocycles. The van der Waals surface area contributed by atoms with Crippen molar-refractivity contribution < 1.29 is 19.4 Å². The van der Waals surface area contributed by atoms with E-state index in [0.717, 1.165) is 0 Å². The molecule has 0 spiro atoms. The van der Waals surface area contributed by atoms with Crippen LogP contribution in [0.2, 0.25) is 0 Å². The Morgan fingerprint density at radius 1 is 1.42 bits per heavy atom. The van der Waals surface area contributed by atoms with E-state index in [2.05, 4.69) is 0 Å². The van der Waals surface area contributed by atoms with Gasteiger partial charge >= 0.3 is 5.97 Å². The molecule has 0 aromatic heterocycles. The summed E-state index contributed by atoms with van der Waals surface area (Å²) in [5.41, 5.74) is 5.71. The number of nitrogen functional groups attached to an aromatic ring is 1. The second kappa shape index (κ2) is 6.43. The molecular formula is C14H21NO4. The number of rotatable bonds is 6. The van der Waals surface area contributed by atoms with Crippen LogP contribution in [0.1, 0.15) is 37.6 Å². The van der Waals surface area contributed by atoms with Gasteiger partial charge in [-0.2, -0.15) is 0 Å². The normalized spacial score (nSPS) is 11.2. The van der Waals surface area contributed by atoms with Crippen molar-refractivity contribution in [1.29, 1.82) is 0 Å². The molecule has 5 nitrogen and oxygen atoms in total. The first-order chi connectivity index (χ1) is 8.83. The summed E-state index contributed by atoms with van der Waals surface area (Å²) in [6.07, 6.45) is 0.448. The second-order valence-electron chi connectivity index (χ2n) is 4.89. The van der Waals surface area contributed by atoms with Crippen molar-refractivity contribution in [1.82, 2.24) is 0 Å². The second-order valence-corrected chi connectivity index (χ2v) is 4.89. The summed E-state index contributed by atoms with van der Waals surface area (Å²) in [7, 11) is 0. The third-order valence-corrected chi connectivity index (χ3v) is 2.47. The van der Waals surface area contributed by atoms with Gasteiger partial charge in [-0.15, -0.1) is 0 Å². The highest BCUT2D eigenvalue weighted by molar-refractivity contribution is 5.93. The first kappa shape index (κ1) is 15.3. The molecule has 0 aliphatic rings. The molecule has 106 valence electrons. The van der Waals surface area contributed by atoms with E-state index in [1.54, 1.807) is 39.0 Å². The summed E-state index contributed by atoms with van der Waals surface area (Å²) in [6, 6.07) is 4.78. The highest BCUT2D eigenvalue weighted by Gasteiger charge is 2.16. The van der Waals surface area contributed by atoms with Crippen LogP contribution >= 0.6 is 0 Å². The van der Waals surface area contributed by atoms with E-state index in [1.807, 2.05) is 0 Å². The maximum Gasteiger partial charge on any atom is 0.341 e. The van der Waals surface area contributed by atoms with Crippen LogP contribution in [0, 0.1) is 0 Å². The lowest BCUT2D eigenvalue weighted by molar-refractivity contribution is 0.0505. The molecule has 0 bridgehead atoms. The summed E-state index contributed by atoms with van der Waals surface area (Å²) in [6.45, 7) is 5.72. The number of anilines is 1. The average Bonchev–Trinajstić information content (AvgIpc) is 2.27. The van der Waals surface area contributed by atoms with E-state index in [9.17, 15) is 9.90 Å². The predicted molar refractivity (Wildman–Crippen MR) is 73.2 cm³/mol. The molecule has 3 N–H and O–H groups in total. The van der Waals surface area contributed by atoms with Gasteiger partial charge in [0.25, 0.3) is 0 Å². The average molecular weight is 267 g/mol. The summed E-state index contributed by atoms with van der Waals surface area (Å²) in [5.74, 6) is -0.0662. The number of hydrogen-bond acceptors (Lipinski definition) is 5. The van der Waals surface area contributed by atoms with Gasteiger partial charge in [-0.3, -0.25) is 0 Å². The fourth-order valence-corrected chi connectivity index (χ4v) is 1.45. The van der Waals surface area contributed by atoms with E-state index in [4.69, 9.17) is 15.2 Å². The SMILES string of the molecule is CCOC(=O)c1ccc(N)cc1OCCC(C)(C)O. The molecule has 0 saturated carbocycles. The lowest BCUT2D eigenvalue weighted by Gasteiger charge is -2.18. The highest BCUT2D eigenvalue weighted by Crippen LogP contribution is 2.23. The molecule has 0 aliphatic carbocycles. The van der Waals surface area contributed by atoms with Crippen molar-refractivity contribution in [2.75, 3.05) is 18.9 Å². The van der Waals surface area contributed by atoms with Crippen LogP contribution in [-0.2, 0) is 4.74 Å². The Morgan fingerprint density at radius 3 is 2.68 bits per heavy atom. The number of carbonyl (C=O) groups is 1. The number of carbonyl (C=O) groups excluding carboxylic acids is 1. The number of benzene rings is 1. The molecule has 19 heavy (non-hydrogen) atoms. The van der Waals surface area contributed by atoms with E-state index < -0.39 is 11.6 Å². The van der Waals surface area contributed by atoms with Crippen molar-refractivity contribution in [2.24, 2.45) is 0 Å². The Bertz CT molecular complexity index is 438. The fourth-order valence-electron chi connectivity index (χ4n) is 1.45. The van der Waals surface area contributed by atoms with Crippen molar-refractivity contribution in [2.45, 2.75) is 32.8 Å². The number of ether oxygens (including phenoxy) is 2. The molecule has 0 heterocycles. The molecule has 1 rings (SSSR count). The van der Waals surface area contributed by atoms with E-state index in [0.29, 0.717) is 36.6 Å². The Kier molecular flexibility index (Phi) is 5.18. The number of hydrogen-bond donors (Lipinski definition) is 2.